The summed E-state index contributed by atoms with van der Waals surface area (Å²) in [7, 11) is 2.18. The summed E-state index contributed by atoms with van der Waals surface area (Å²) in [5, 5.41) is 3.13. The van der Waals surface area contributed by atoms with Gasteiger partial charge in [-0.1, -0.05) is 44.2 Å². The molecule has 2 rings (SSSR count). The van der Waals surface area contributed by atoms with Gasteiger partial charge in [0.15, 0.2) is 0 Å². The fourth-order valence-electron chi connectivity index (χ4n) is 3.37. The van der Waals surface area contributed by atoms with Crippen molar-refractivity contribution < 1.29 is 4.79 Å². The third kappa shape index (κ3) is 8.02. The van der Waals surface area contributed by atoms with Crippen molar-refractivity contribution in [3.63, 3.8) is 0 Å². The minimum Gasteiger partial charge on any atom is -0.356 e. The molecule has 0 spiro atoms. The SMILES string of the molecule is CC(CCc1ccccc1)CC(=O)NCC(C)CN1CCN(C)CC1. The number of likely N-dealkylation sites (N-methyl/N-ethyl adjacent to an activating group) is 1. The number of hydrogen-bond donors (Lipinski definition) is 1. The third-order valence-corrected chi connectivity index (χ3v) is 5.12. The molecule has 0 aromatic heterocycles. The molecule has 1 heterocycles. The minimum atomic E-state index is 0.200. The summed E-state index contributed by atoms with van der Waals surface area (Å²) in [6.45, 7) is 10.9. The fraction of sp³-hybridized carbons (Fsp3) is 0.667. The largest absolute Gasteiger partial charge is 0.356 e. The highest BCUT2D eigenvalue weighted by Crippen LogP contribution is 2.13. The molecule has 1 amide bonds. The first kappa shape index (κ1) is 19.9. The minimum absolute atomic E-state index is 0.200. The van der Waals surface area contributed by atoms with E-state index in [2.05, 4.69) is 60.3 Å². The summed E-state index contributed by atoms with van der Waals surface area (Å²) < 4.78 is 0. The van der Waals surface area contributed by atoms with Crippen molar-refractivity contribution in [3.05, 3.63) is 35.9 Å². The van der Waals surface area contributed by atoms with Gasteiger partial charge in [0.1, 0.15) is 0 Å². The van der Waals surface area contributed by atoms with Crippen LogP contribution >= 0.6 is 0 Å². The second-order valence-electron chi connectivity index (χ2n) is 7.85. The summed E-state index contributed by atoms with van der Waals surface area (Å²) in [6.07, 6.45) is 2.75. The number of piperazine rings is 1. The Bertz CT molecular complexity index is 497. The maximum absolute atomic E-state index is 12.2. The van der Waals surface area contributed by atoms with Crippen LogP contribution in [0, 0.1) is 11.8 Å². The lowest BCUT2D eigenvalue weighted by Crippen LogP contribution is -2.47. The zero-order chi connectivity index (χ0) is 18.1. The molecule has 1 aliphatic heterocycles. The van der Waals surface area contributed by atoms with Crippen LogP contribution in [0.1, 0.15) is 32.3 Å². The van der Waals surface area contributed by atoms with Crippen LogP contribution in [0.2, 0.25) is 0 Å². The van der Waals surface area contributed by atoms with Crippen molar-refractivity contribution >= 4 is 5.91 Å². The van der Waals surface area contributed by atoms with E-state index < -0.39 is 0 Å². The van der Waals surface area contributed by atoms with E-state index >= 15 is 0 Å². The topological polar surface area (TPSA) is 35.6 Å². The molecule has 1 aliphatic rings. The van der Waals surface area contributed by atoms with Crippen LogP contribution in [0.4, 0.5) is 0 Å². The van der Waals surface area contributed by atoms with Gasteiger partial charge in [0.25, 0.3) is 0 Å². The van der Waals surface area contributed by atoms with Gasteiger partial charge in [0, 0.05) is 45.7 Å². The first-order chi connectivity index (χ1) is 12.0. The average molecular weight is 346 g/mol. The number of hydrogen-bond acceptors (Lipinski definition) is 3. The smallest absolute Gasteiger partial charge is 0.220 e. The van der Waals surface area contributed by atoms with Gasteiger partial charge in [0.2, 0.25) is 5.91 Å². The van der Waals surface area contributed by atoms with Gasteiger partial charge in [-0.3, -0.25) is 4.79 Å². The first-order valence-corrected chi connectivity index (χ1v) is 9.74. The van der Waals surface area contributed by atoms with Crippen molar-refractivity contribution in [2.45, 2.75) is 33.1 Å². The van der Waals surface area contributed by atoms with Crippen LogP contribution in [0.25, 0.3) is 0 Å². The Labute approximate surface area is 153 Å². The van der Waals surface area contributed by atoms with Crippen molar-refractivity contribution in [1.29, 1.82) is 0 Å². The lowest BCUT2D eigenvalue weighted by atomic mass is 9.98. The Balaban J connectivity index is 1.57. The standard InChI is InChI=1S/C21H35N3O/c1-18(9-10-20-7-5-4-6-8-20)15-21(25)22-16-19(2)17-24-13-11-23(3)12-14-24/h4-8,18-19H,9-17H2,1-3H3,(H,22,25). The van der Waals surface area contributed by atoms with E-state index in [1.807, 2.05) is 6.07 Å². The summed E-state index contributed by atoms with van der Waals surface area (Å²) >= 11 is 0. The molecular formula is C21H35N3O. The van der Waals surface area contributed by atoms with E-state index in [4.69, 9.17) is 0 Å². The van der Waals surface area contributed by atoms with Gasteiger partial charge >= 0.3 is 0 Å². The van der Waals surface area contributed by atoms with Gasteiger partial charge < -0.3 is 15.1 Å². The number of carbonyl (C=O) groups excluding carboxylic acids is 1. The lowest BCUT2D eigenvalue weighted by molar-refractivity contribution is -0.122. The molecule has 0 saturated carbocycles. The molecule has 1 aromatic carbocycles. The highest BCUT2D eigenvalue weighted by Gasteiger charge is 2.17. The lowest BCUT2D eigenvalue weighted by Gasteiger charge is -2.34. The summed E-state index contributed by atoms with van der Waals surface area (Å²) in [5.41, 5.74) is 1.36. The second-order valence-corrected chi connectivity index (χ2v) is 7.85. The molecule has 140 valence electrons. The van der Waals surface area contributed by atoms with E-state index in [9.17, 15) is 4.79 Å². The summed E-state index contributed by atoms with van der Waals surface area (Å²) in [5.74, 6) is 1.13. The van der Waals surface area contributed by atoms with Crippen LogP contribution in [-0.4, -0.2) is 62.0 Å². The molecule has 2 atom stereocenters. The maximum atomic E-state index is 12.2. The van der Waals surface area contributed by atoms with Crippen LogP contribution in [0.5, 0.6) is 0 Å². The van der Waals surface area contributed by atoms with Crippen LogP contribution in [0.3, 0.4) is 0 Å². The van der Waals surface area contributed by atoms with Crippen molar-refractivity contribution in [3.8, 4) is 0 Å². The molecule has 4 nitrogen and oxygen atoms in total. The third-order valence-electron chi connectivity index (χ3n) is 5.12. The number of nitrogens with zero attached hydrogens (tertiary/aromatic N) is 2. The average Bonchev–Trinajstić information content (AvgIpc) is 2.61. The van der Waals surface area contributed by atoms with E-state index in [0.717, 1.165) is 52.1 Å². The van der Waals surface area contributed by atoms with E-state index in [1.165, 1.54) is 5.56 Å². The predicted octanol–water partition coefficient (Wildman–Crippen LogP) is 2.65. The number of nitrogens with one attached hydrogen (secondary N) is 1. The first-order valence-electron chi connectivity index (χ1n) is 9.74. The number of amides is 1. The normalized spacial score (nSPS) is 18.7. The summed E-state index contributed by atoms with van der Waals surface area (Å²) in [4.78, 5) is 17.1. The Morgan fingerprint density at radius 1 is 1.08 bits per heavy atom. The van der Waals surface area contributed by atoms with Crippen molar-refractivity contribution in [1.82, 2.24) is 15.1 Å². The molecule has 1 aromatic rings. The predicted molar refractivity (Wildman–Crippen MR) is 105 cm³/mol. The van der Waals surface area contributed by atoms with E-state index in [1.54, 1.807) is 0 Å². The van der Waals surface area contributed by atoms with Gasteiger partial charge in [-0.25, -0.2) is 0 Å². The van der Waals surface area contributed by atoms with Crippen LogP contribution in [0.15, 0.2) is 30.3 Å². The number of aryl methyl sites for hydroxylation is 1. The Hall–Kier alpha value is -1.39. The zero-order valence-electron chi connectivity index (χ0n) is 16.2. The van der Waals surface area contributed by atoms with E-state index in [0.29, 0.717) is 18.3 Å². The van der Waals surface area contributed by atoms with Crippen molar-refractivity contribution in [2.75, 3.05) is 46.3 Å². The Morgan fingerprint density at radius 3 is 2.44 bits per heavy atom. The van der Waals surface area contributed by atoms with Crippen LogP contribution < -0.4 is 5.32 Å². The molecule has 4 heteroatoms. The molecule has 0 bridgehead atoms. The quantitative estimate of drug-likeness (QED) is 0.747. The Kier molecular flexibility index (Phi) is 8.42. The number of rotatable bonds is 9. The zero-order valence-corrected chi connectivity index (χ0v) is 16.2. The van der Waals surface area contributed by atoms with Gasteiger partial charge in [-0.15, -0.1) is 0 Å². The molecule has 25 heavy (non-hydrogen) atoms. The molecule has 1 saturated heterocycles. The van der Waals surface area contributed by atoms with Gasteiger partial charge in [-0.05, 0) is 37.3 Å². The molecule has 2 unspecified atom stereocenters. The Morgan fingerprint density at radius 2 is 1.76 bits per heavy atom. The van der Waals surface area contributed by atoms with Gasteiger partial charge in [0.05, 0.1) is 0 Å². The number of benzene rings is 1. The highest BCUT2D eigenvalue weighted by atomic mass is 16.1. The molecule has 1 fully saturated rings. The van der Waals surface area contributed by atoms with E-state index in [-0.39, 0.29) is 5.91 Å². The monoisotopic (exact) mass is 345 g/mol. The summed E-state index contributed by atoms with van der Waals surface area (Å²) in [6, 6.07) is 10.5. The van der Waals surface area contributed by atoms with Gasteiger partial charge in [-0.2, -0.15) is 0 Å². The van der Waals surface area contributed by atoms with Crippen LogP contribution in [-0.2, 0) is 11.2 Å². The number of carbonyl (C=O) groups is 1. The molecule has 0 radical (unpaired) electrons. The molecule has 0 aliphatic carbocycles. The molecule has 1 N–H and O–H groups in total. The van der Waals surface area contributed by atoms with Crippen molar-refractivity contribution in [2.24, 2.45) is 11.8 Å². The molecular weight excluding hydrogens is 310 g/mol. The highest BCUT2D eigenvalue weighted by molar-refractivity contribution is 5.76. The second kappa shape index (κ2) is 10.6. The fourth-order valence-corrected chi connectivity index (χ4v) is 3.37. The maximum Gasteiger partial charge on any atom is 0.220 e.